The van der Waals surface area contributed by atoms with Crippen molar-refractivity contribution in [2.75, 3.05) is 6.61 Å². The summed E-state index contributed by atoms with van der Waals surface area (Å²) in [6, 6.07) is 0. The Kier molecular flexibility index (Phi) is 3.30. The highest BCUT2D eigenvalue weighted by molar-refractivity contribution is 5.74. The van der Waals surface area contributed by atoms with E-state index in [-0.39, 0.29) is 5.95 Å². The van der Waals surface area contributed by atoms with Crippen molar-refractivity contribution in [2.45, 2.75) is 31.5 Å². The maximum atomic E-state index is 10.0. The fourth-order valence-corrected chi connectivity index (χ4v) is 2.39. The van der Waals surface area contributed by atoms with Crippen LogP contribution in [0.3, 0.4) is 0 Å². The SMILES string of the molecule is [C-]#[N+]c1nc(C)c2ncn([C@@H]3O[C@H](CO)[C@@H](O)[C@H]3O)c2n1. The number of hydrogen-bond donors (Lipinski definition) is 3. The number of nitrogens with zero attached hydrogens (tertiary/aromatic N) is 5. The third-order valence-corrected chi connectivity index (χ3v) is 3.48. The fraction of sp³-hybridized carbons (Fsp3) is 0.500. The standard InChI is InChI=1S/C12H13N5O4/c1-5-7-10(16-12(13-2)15-5)17(4-14-7)11-9(20)8(19)6(3-18)21-11/h4,6,8-9,11,18-20H,3H2,1H3/t6-,8-,9-,11-/m1/s1. The van der Waals surface area contributed by atoms with E-state index in [1.54, 1.807) is 6.92 Å². The van der Waals surface area contributed by atoms with Crippen molar-refractivity contribution in [1.29, 1.82) is 0 Å². The predicted molar refractivity (Wildman–Crippen MR) is 69.3 cm³/mol. The van der Waals surface area contributed by atoms with Gasteiger partial charge in [0.1, 0.15) is 30.3 Å². The Bertz CT molecular complexity index is 724. The van der Waals surface area contributed by atoms with E-state index in [1.165, 1.54) is 10.9 Å². The van der Waals surface area contributed by atoms with Crippen LogP contribution < -0.4 is 0 Å². The second-order valence-electron chi connectivity index (χ2n) is 4.77. The normalized spacial score (nSPS) is 28.9. The summed E-state index contributed by atoms with van der Waals surface area (Å²) in [6.45, 7) is 8.29. The molecule has 110 valence electrons. The second kappa shape index (κ2) is 5.01. The molecule has 0 radical (unpaired) electrons. The first-order valence-electron chi connectivity index (χ1n) is 6.28. The van der Waals surface area contributed by atoms with Gasteiger partial charge >= 0.3 is 5.95 Å². The highest BCUT2D eigenvalue weighted by atomic mass is 16.6. The smallest absolute Gasteiger partial charge is 0.373 e. The lowest BCUT2D eigenvalue weighted by atomic mass is 10.1. The summed E-state index contributed by atoms with van der Waals surface area (Å²) in [7, 11) is 0. The van der Waals surface area contributed by atoms with Crippen LogP contribution in [0.1, 0.15) is 11.9 Å². The Morgan fingerprint density at radius 1 is 1.38 bits per heavy atom. The molecular formula is C12H13N5O4. The second-order valence-corrected chi connectivity index (χ2v) is 4.77. The molecule has 0 unspecified atom stereocenters. The minimum Gasteiger partial charge on any atom is -0.394 e. The van der Waals surface area contributed by atoms with Gasteiger partial charge in [-0.1, -0.05) is 0 Å². The van der Waals surface area contributed by atoms with Crippen LogP contribution in [0.2, 0.25) is 0 Å². The molecule has 1 aliphatic rings. The molecule has 9 heteroatoms. The zero-order valence-electron chi connectivity index (χ0n) is 11.1. The number of fused-ring (bicyclic) bond motifs is 1. The topological polar surface area (TPSA) is 118 Å². The fourth-order valence-electron chi connectivity index (χ4n) is 2.39. The number of imidazole rings is 1. The number of aryl methyl sites for hydroxylation is 1. The summed E-state index contributed by atoms with van der Waals surface area (Å²) >= 11 is 0. The number of hydrogen-bond acceptors (Lipinski definition) is 7. The van der Waals surface area contributed by atoms with E-state index >= 15 is 0 Å². The van der Waals surface area contributed by atoms with Crippen molar-refractivity contribution in [3.05, 3.63) is 23.4 Å². The van der Waals surface area contributed by atoms with Crippen molar-refractivity contribution >= 4 is 17.1 Å². The Morgan fingerprint density at radius 3 is 2.76 bits per heavy atom. The Balaban J connectivity index is 2.10. The molecule has 1 aliphatic heterocycles. The Hall–Kier alpha value is -2.12. The summed E-state index contributed by atoms with van der Waals surface area (Å²) in [5, 5.41) is 29.0. The van der Waals surface area contributed by atoms with Crippen LogP contribution >= 0.6 is 0 Å². The molecule has 9 nitrogen and oxygen atoms in total. The molecule has 0 amide bonds. The minimum absolute atomic E-state index is 0.0338. The number of aliphatic hydroxyl groups excluding tert-OH is 3. The van der Waals surface area contributed by atoms with Gasteiger partial charge in [0.05, 0.1) is 6.61 Å². The van der Waals surface area contributed by atoms with Crippen molar-refractivity contribution in [3.8, 4) is 0 Å². The zero-order valence-corrected chi connectivity index (χ0v) is 11.1. The van der Waals surface area contributed by atoms with Crippen LogP contribution in [0.25, 0.3) is 16.0 Å². The van der Waals surface area contributed by atoms with Gasteiger partial charge in [-0.2, -0.15) is 4.98 Å². The monoisotopic (exact) mass is 291 g/mol. The molecule has 2 aromatic heterocycles. The molecule has 4 atom stereocenters. The summed E-state index contributed by atoms with van der Waals surface area (Å²) in [5.41, 5.74) is 1.36. The Morgan fingerprint density at radius 2 is 2.14 bits per heavy atom. The van der Waals surface area contributed by atoms with E-state index in [0.29, 0.717) is 16.9 Å². The van der Waals surface area contributed by atoms with Crippen LogP contribution in [0.5, 0.6) is 0 Å². The predicted octanol–water partition coefficient (Wildman–Crippen LogP) is -0.703. The van der Waals surface area contributed by atoms with E-state index in [0.717, 1.165) is 0 Å². The van der Waals surface area contributed by atoms with Crippen LogP contribution in [0.4, 0.5) is 5.95 Å². The molecule has 3 rings (SSSR count). The van der Waals surface area contributed by atoms with E-state index < -0.39 is 31.1 Å². The van der Waals surface area contributed by atoms with Gasteiger partial charge in [-0.25, -0.2) is 4.98 Å². The molecular weight excluding hydrogens is 278 g/mol. The summed E-state index contributed by atoms with van der Waals surface area (Å²) in [4.78, 5) is 15.4. The summed E-state index contributed by atoms with van der Waals surface area (Å²) in [6.07, 6.45) is -2.85. The largest absolute Gasteiger partial charge is 0.394 e. The van der Waals surface area contributed by atoms with Gasteiger partial charge in [0.2, 0.25) is 5.65 Å². The molecule has 0 aromatic carbocycles. The van der Waals surface area contributed by atoms with Crippen molar-refractivity contribution in [3.63, 3.8) is 0 Å². The first kappa shape index (κ1) is 13.8. The van der Waals surface area contributed by atoms with E-state index in [2.05, 4.69) is 19.8 Å². The number of aromatic nitrogens is 4. The maximum Gasteiger partial charge on any atom is 0.373 e. The molecule has 0 aliphatic carbocycles. The third kappa shape index (κ3) is 2.05. The van der Waals surface area contributed by atoms with E-state index in [1.807, 2.05) is 0 Å². The number of ether oxygens (including phenoxy) is 1. The van der Waals surface area contributed by atoms with Gasteiger partial charge in [-0.05, 0) is 6.92 Å². The highest BCUT2D eigenvalue weighted by Crippen LogP contribution is 2.31. The Labute approximate surface area is 119 Å². The van der Waals surface area contributed by atoms with Gasteiger partial charge in [-0.15, -0.1) is 11.6 Å². The summed E-state index contributed by atoms with van der Waals surface area (Å²) < 4.78 is 6.87. The number of aliphatic hydroxyl groups is 3. The molecule has 0 spiro atoms. The number of rotatable bonds is 2. The van der Waals surface area contributed by atoms with Crippen LogP contribution in [0.15, 0.2) is 6.33 Å². The van der Waals surface area contributed by atoms with Crippen molar-refractivity contribution < 1.29 is 20.1 Å². The molecule has 0 saturated carbocycles. The first-order chi connectivity index (χ1) is 10.1. The molecule has 2 aromatic rings. The average molecular weight is 291 g/mol. The molecule has 21 heavy (non-hydrogen) atoms. The molecule has 1 fully saturated rings. The highest BCUT2D eigenvalue weighted by Gasteiger charge is 2.44. The van der Waals surface area contributed by atoms with Gasteiger partial charge in [0, 0.05) is 0 Å². The zero-order chi connectivity index (χ0) is 15.1. The van der Waals surface area contributed by atoms with E-state index in [4.69, 9.17) is 16.4 Å². The van der Waals surface area contributed by atoms with Crippen molar-refractivity contribution in [1.82, 2.24) is 19.5 Å². The lowest BCUT2D eigenvalue weighted by molar-refractivity contribution is -0.0511. The molecule has 3 heterocycles. The lowest BCUT2D eigenvalue weighted by Crippen LogP contribution is -2.33. The van der Waals surface area contributed by atoms with Gasteiger partial charge in [0.25, 0.3) is 0 Å². The average Bonchev–Trinajstić information content (AvgIpc) is 3.02. The van der Waals surface area contributed by atoms with E-state index in [9.17, 15) is 10.2 Å². The van der Waals surface area contributed by atoms with Crippen LogP contribution in [0, 0.1) is 13.5 Å². The van der Waals surface area contributed by atoms with Crippen LogP contribution in [-0.2, 0) is 4.74 Å². The maximum absolute atomic E-state index is 10.0. The van der Waals surface area contributed by atoms with Gasteiger partial charge < -0.3 is 24.9 Å². The van der Waals surface area contributed by atoms with Gasteiger partial charge in [0.15, 0.2) is 11.7 Å². The minimum atomic E-state index is -1.23. The van der Waals surface area contributed by atoms with Crippen LogP contribution in [-0.4, -0.2) is 59.8 Å². The third-order valence-electron chi connectivity index (χ3n) is 3.48. The molecule has 1 saturated heterocycles. The molecule has 0 bridgehead atoms. The first-order valence-corrected chi connectivity index (χ1v) is 6.28. The summed E-state index contributed by atoms with van der Waals surface area (Å²) in [5.74, 6) is -0.0338. The quantitative estimate of drug-likeness (QED) is 0.626. The lowest BCUT2D eigenvalue weighted by Gasteiger charge is -2.15. The molecule has 3 N–H and O–H groups in total. The van der Waals surface area contributed by atoms with Crippen molar-refractivity contribution in [2.24, 2.45) is 0 Å². The van der Waals surface area contributed by atoms with Gasteiger partial charge in [-0.3, -0.25) is 4.57 Å².